The van der Waals surface area contributed by atoms with Gasteiger partial charge in [-0.25, -0.2) is 37.1 Å². The smallest absolute Gasteiger partial charge is 0.410 e. The number of ketones is 2. The second kappa shape index (κ2) is 29.9. The molecule has 0 radical (unpaired) electrons. The highest BCUT2D eigenvalue weighted by Gasteiger charge is 2.35. The number of piperidine rings is 4. The molecule has 20 nitrogen and oxygen atoms in total. The molecule has 5 aliphatic rings. The van der Waals surface area contributed by atoms with Gasteiger partial charge in [0, 0.05) is 71.5 Å². The zero-order valence-electron chi connectivity index (χ0n) is 49.3. The van der Waals surface area contributed by atoms with Gasteiger partial charge in [-0.2, -0.15) is 0 Å². The second-order valence-electron chi connectivity index (χ2n) is 25.3. The van der Waals surface area contributed by atoms with E-state index in [1.165, 1.54) is 14.7 Å². The maximum absolute atomic E-state index is 13.1. The van der Waals surface area contributed by atoms with E-state index in [0.717, 1.165) is 12.2 Å². The number of aliphatic hydroxyl groups excluding tert-OH is 2. The zero-order valence-corrected chi connectivity index (χ0v) is 50.3. The molecule has 0 aromatic rings. The van der Waals surface area contributed by atoms with Crippen LogP contribution in [0.5, 0.6) is 0 Å². The maximum Gasteiger partial charge on any atom is 0.410 e. The lowest BCUT2D eigenvalue weighted by Crippen LogP contribution is -2.48. The summed E-state index contributed by atoms with van der Waals surface area (Å²) in [5.41, 5.74) is -2.63. The molecule has 4 saturated heterocycles. The predicted molar refractivity (Wildman–Crippen MR) is 286 cm³/mol. The Morgan fingerprint density at radius 1 is 0.481 bits per heavy atom. The first-order valence-electron chi connectivity index (χ1n) is 26.4. The fourth-order valence-corrected chi connectivity index (χ4v) is 7.92. The van der Waals surface area contributed by atoms with Crippen LogP contribution in [0, 0.1) is 0 Å². The van der Waals surface area contributed by atoms with Crippen LogP contribution in [0.4, 0.5) is 37.1 Å². The number of halogens is 3. The summed E-state index contributed by atoms with van der Waals surface area (Å²) in [5, 5.41) is 18.3. The molecule has 1 unspecified atom stereocenters. The summed E-state index contributed by atoms with van der Waals surface area (Å²) < 4.78 is 71.0. The van der Waals surface area contributed by atoms with E-state index in [-0.39, 0.29) is 63.4 Å². The second-order valence-corrected chi connectivity index (χ2v) is 29.7. The molecule has 0 aromatic carbocycles. The lowest BCUT2D eigenvalue weighted by molar-refractivity contribution is -0.127. The topological polar surface area (TPSA) is 232 Å². The van der Waals surface area contributed by atoms with Crippen LogP contribution in [0.1, 0.15) is 142 Å². The van der Waals surface area contributed by atoms with Gasteiger partial charge in [-0.15, -0.1) is 0 Å². The molecule has 0 bridgehead atoms. The molecule has 5 amide bonds. The Bertz CT molecular complexity index is 1910. The van der Waals surface area contributed by atoms with Crippen molar-refractivity contribution in [2.45, 2.75) is 221 Å². The van der Waals surface area contributed by atoms with Crippen molar-refractivity contribution in [2.75, 3.05) is 65.4 Å². The molecule has 5 aliphatic heterocycles. The van der Waals surface area contributed by atoms with Crippen molar-refractivity contribution in [3.63, 3.8) is 0 Å². The van der Waals surface area contributed by atoms with Gasteiger partial charge in [0.25, 0.3) is 0 Å². The standard InChI is InChI=1S/C13H25NO3Si.2C10H18FNO3.C10H16FNO3.C10H17NO3/c1-13(2,3)16-12(15)14-9-7-11(8-10-14)17-18(4,5)6;3*1-10(2,3)15-9(14)12-5-4-8(13)7(11)6-12;1-10(2,3)14-9(13)11-6-4-8(12)5-7-11/h7H,8-10H2,1-6H3;2*7-8,13H,4-6H2,1-3H3;7H,4-6H2,1-3H3;4-7H2,1-3H3/t;7-,8+;7-,8-;;/m.00../s1. The number of Topliss-reactive ketones (excluding diaryl/α,β-unsaturated/α-hetero) is 2. The van der Waals surface area contributed by atoms with E-state index >= 15 is 0 Å². The van der Waals surface area contributed by atoms with E-state index in [1.807, 2.05) is 47.6 Å². The van der Waals surface area contributed by atoms with Crippen LogP contribution in [0.25, 0.3) is 0 Å². The first-order valence-corrected chi connectivity index (χ1v) is 29.8. The molecular formula is C53H94F3N5O15Si. The lowest BCUT2D eigenvalue weighted by Gasteiger charge is -2.33. The Hall–Kier alpha value is -4.84. The Labute approximate surface area is 456 Å². The van der Waals surface area contributed by atoms with Gasteiger partial charge in [0.2, 0.25) is 8.32 Å². The molecule has 5 rings (SSSR count). The summed E-state index contributed by atoms with van der Waals surface area (Å²) >= 11 is 0. The fraction of sp³-hybridized carbons (Fsp3) is 0.830. The van der Waals surface area contributed by atoms with Gasteiger partial charge >= 0.3 is 30.5 Å². The lowest BCUT2D eigenvalue weighted by atomic mass is 10.1. The fourth-order valence-electron chi connectivity index (χ4n) is 6.94. The number of rotatable bonds is 2. The average Bonchev–Trinajstić information content (AvgIpc) is 3.24. The highest BCUT2D eigenvalue weighted by molar-refractivity contribution is 6.70. The third-order valence-electron chi connectivity index (χ3n) is 10.6. The number of carbonyl (C=O) groups excluding carboxylic acids is 7. The third kappa shape index (κ3) is 31.4. The van der Waals surface area contributed by atoms with E-state index in [1.54, 1.807) is 72.1 Å². The van der Waals surface area contributed by atoms with Crippen LogP contribution in [0.15, 0.2) is 11.8 Å². The number of alkyl halides is 3. The first-order chi connectivity index (χ1) is 34.8. The molecular weight excluding hydrogens is 1030 g/mol. The number of carbonyl (C=O) groups is 7. The summed E-state index contributed by atoms with van der Waals surface area (Å²) in [5.74, 6) is 0.814. The van der Waals surface area contributed by atoms with Gasteiger partial charge in [-0.05, 0) is 142 Å². The zero-order chi connectivity index (χ0) is 59.7. The third-order valence-corrected chi connectivity index (χ3v) is 11.4. The molecule has 5 heterocycles. The highest BCUT2D eigenvalue weighted by Crippen LogP contribution is 2.22. The predicted octanol–water partition coefficient (Wildman–Crippen LogP) is 9.14. The maximum atomic E-state index is 13.1. The molecule has 0 saturated carbocycles. The van der Waals surface area contributed by atoms with Gasteiger partial charge in [-0.1, -0.05) is 0 Å². The number of aliphatic hydroxyl groups is 2. The van der Waals surface area contributed by atoms with Crippen LogP contribution >= 0.6 is 0 Å². The largest absolute Gasteiger partial charge is 0.547 e. The van der Waals surface area contributed by atoms with Crippen molar-refractivity contribution >= 4 is 50.4 Å². The molecule has 446 valence electrons. The monoisotopic (exact) mass is 1130 g/mol. The molecule has 0 aliphatic carbocycles. The number of likely N-dealkylation sites (tertiary alicyclic amines) is 4. The summed E-state index contributed by atoms with van der Waals surface area (Å²) in [6.07, 6.45) is -4.08. The Balaban J connectivity index is 0.000000482. The van der Waals surface area contributed by atoms with Crippen molar-refractivity contribution < 1.29 is 85.1 Å². The van der Waals surface area contributed by atoms with Crippen molar-refractivity contribution in [3.8, 4) is 0 Å². The van der Waals surface area contributed by atoms with Gasteiger partial charge in [-0.3, -0.25) is 9.59 Å². The minimum absolute atomic E-state index is 0.0699. The van der Waals surface area contributed by atoms with Gasteiger partial charge in [0.05, 0.1) is 37.6 Å². The Morgan fingerprint density at radius 2 is 0.792 bits per heavy atom. The highest BCUT2D eigenvalue weighted by atomic mass is 28.4. The van der Waals surface area contributed by atoms with E-state index in [2.05, 4.69) is 19.6 Å². The van der Waals surface area contributed by atoms with E-state index < -0.39 is 91.1 Å². The van der Waals surface area contributed by atoms with Crippen molar-refractivity contribution in [1.82, 2.24) is 24.5 Å². The number of hydrogen-bond acceptors (Lipinski definition) is 15. The number of ether oxygens (including phenoxy) is 5. The van der Waals surface area contributed by atoms with Crippen molar-refractivity contribution in [3.05, 3.63) is 11.8 Å². The molecule has 5 atom stereocenters. The van der Waals surface area contributed by atoms with Gasteiger partial charge in [0.15, 0.2) is 12.0 Å². The van der Waals surface area contributed by atoms with Crippen LogP contribution < -0.4 is 0 Å². The first kappa shape index (κ1) is 70.2. The van der Waals surface area contributed by atoms with E-state index in [0.29, 0.717) is 52.1 Å². The van der Waals surface area contributed by atoms with Crippen LogP contribution in [0.3, 0.4) is 0 Å². The molecule has 0 spiro atoms. The quantitative estimate of drug-likeness (QED) is 0.194. The summed E-state index contributed by atoms with van der Waals surface area (Å²) in [6, 6.07) is 0. The van der Waals surface area contributed by atoms with Crippen LogP contribution in [0.2, 0.25) is 19.6 Å². The van der Waals surface area contributed by atoms with Crippen molar-refractivity contribution in [2.24, 2.45) is 0 Å². The van der Waals surface area contributed by atoms with Crippen LogP contribution in [-0.2, 0) is 37.7 Å². The Morgan fingerprint density at radius 3 is 1.09 bits per heavy atom. The SMILES string of the molecule is CC(C)(C)OC(=O)N1CC=C(O[Si](C)(C)C)CC1.CC(C)(C)OC(=O)N1CCC(=O)C(F)C1.CC(C)(C)OC(=O)N1CCC(=O)CC1.CC(C)(C)OC(=O)N1CC[C@@H](O)[C@@H](F)C1.CC(C)(C)OC(=O)N1CC[C@H](O)[C@@H](F)C1. The summed E-state index contributed by atoms with van der Waals surface area (Å²) in [4.78, 5) is 86.8. The number of hydrogen-bond donors (Lipinski definition) is 2. The van der Waals surface area contributed by atoms with Crippen LogP contribution in [-0.4, -0.2) is 209 Å². The number of nitrogens with zero attached hydrogens (tertiary/aromatic N) is 5. The Kier molecular flexibility index (Phi) is 27.3. The van der Waals surface area contributed by atoms with Gasteiger partial charge < -0.3 is 62.8 Å². The molecule has 0 aromatic heterocycles. The minimum atomic E-state index is -1.56. The summed E-state index contributed by atoms with van der Waals surface area (Å²) in [6.45, 7) is 36.2. The van der Waals surface area contributed by atoms with E-state index in [4.69, 9.17) is 38.3 Å². The number of amides is 5. The minimum Gasteiger partial charge on any atom is -0.547 e. The van der Waals surface area contributed by atoms with E-state index in [9.17, 15) is 46.7 Å². The van der Waals surface area contributed by atoms with Gasteiger partial charge in [0.1, 0.15) is 46.1 Å². The average molecular weight is 1130 g/mol. The normalized spacial score (nSPS) is 22.6. The van der Waals surface area contributed by atoms with Crippen molar-refractivity contribution in [1.29, 1.82) is 0 Å². The molecule has 2 N–H and O–H groups in total. The molecule has 77 heavy (non-hydrogen) atoms. The summed E-state index contributed by atoms with van der Waals surface area (Å²) in [7, 11) is -1.54. The molecule has 4 fully saturated rings. The molecule has 24 heteroatoms.